The molecule has 2 aromatic heterocycles. The smallest absolute Gasteiger partial charge is 0.228 e. The van der Waals surface area contributed by atoms with E-state index in [9.17, 15) is 9.59 Å². The third-order valence-corrected chi connectivity index (χ3v) is 6.49. The molecule has 0 aliphatic carbocycles. The second kappa shape index (κ2) is 8.94. The molecule has 0 radical (unpaired) electrons. The molecule has 1 aromatic carbocycles. The van der Waals surface area contributed by atoms with Gasteiger partial charge in [-0.15, -0.1) is 0 Å². The van der Waals surface area contributed by atoms with Crippen molar-refractivity contribution < 1.29 is 9.59 Å². The van der Waals surface area contributed by atoms with Crippen LogP contribution in [0.1, 0.15) is 28.9 Å². The summed E-state index contributed by atoms with van der Waals surface area (Å²) < 4.78 is 0. The number of nitrogens with one attached hydrogen (secondary N) is 2. The number of H-pyrrole nitrogens is 1. The van der Waals surface area contributed by atoms with Crippen LogP contribution in [0.5, 0.6) is 0 Å². The predicted molar refractivity (Wildman–Crippen MR) is 123 cm³/mol. The van der Waals surface area contributed by atoms with E-state index in [0.717, 1.165) is 33.6 Å². The number of rotatable bonds is 6. The number of amides is 2. The van der Waals surface area contributed by atoms with E-state index in [0.29, 0.717) is 32.4 Å². The van der Waals surface area contributed by atoms with E-state index in [1.165, 1.54) is 0 Å². The molecule has 0 unspecified atom stereocenters. The number of hydrogen-bond acceptors (Lipinski definition) is 4. The molecule has 3 aromatic rings. The minimum atomic E-state index is -0.640. The van der Waals surface area contributed by atoms with Crippen LogP contribution >= 0.6 is 0 Å². The number of pyridine rings is 1. The lowest BCUT2D eigenvalue weighted by Gasteiger charge is -2.28. The van der Waals surface area contributed by atoms with Gasteiger partial charge in [-0.2, -0.15) is 5.10 Å². The first-order chi connectivity index (χ1) is 15.4. The minimum Gasteiger partial charge on any atom is -0.359 e. The first kappa shape index (κ1) is 21.7. The lowest BCUT2D eigenvalue weighted by Crippen LogP contribution is -2.44. The van der Waals surface area contributed by atoms with Crippen molar-refractivity contribution in [1.82, 2.24) is 25.4 Å². The summed E-state index contributed by atoms with van der Waals surface area (Å²) in [6.07, 6.45) is 5.11. The molecule has 32 heavy (non-hydrogen) atoms. The third-order valence-electron chi connectivity index (χ3n) is 6.49. The summed E-state index contributed by atoms with van der Waals surface area (Å²) in [7, 11) is 1.67. The fourth-order valence-electron chi connectivity index (χ4n) is 4.64. The maximum absolute atomic E-state index is 13.1. The van der Waals surface area contributed by atoms with E-state index in [-0.39, 0.29) is 11.8 Å². The van der Waals surface area contributed by atoms with Gasteiger partial charge in [0.05, 0.1) is 17.5 Å². The van der Waals surface area contributed by atoms with Gasteiger partial charge in [-0.3, -0.25) is 19.7 Å². The maximum atomic E-state index is 13.1. The molecule has 1 saturated heterocycles. The van der Waals surface area contributed by atoms with Crippen LogP contribution in [0, 0.1) is 19.3 Å². The van der Waals surface area contributed by atoms with Gasteiger partial charge in [0.25, 0.3) is 0 Å². The Morgan fingerprint density at radius 1 is 1.19 bits per heavy atom. The molecule has 166 valence electrons. The molecule has 2 N–H and O–H groups in total. The Balaban J connectivity index is 1.54. The number of hydrogen-bond donors (Lipinski definition) is 2. The molecular formula is C25H29N5O2. The molecule has 7 nitrogen and oxygen atoms in total. The van der Waals surface area contributed by atoms with Crippen LogP contribution in [0.2, 0.25) is 0 Å². The number of benzene rings is 1. The van der Waals surface area contributed by atoms with Crippen molar-refractivity contribution in [1.29, 1.82) is 0 Å². The predicted octanol–water partition coefficient (Wildman–Crippen LogP) is 2.84. The van der Waals surface area contributed by atoms with Crippen molar-refractivity contribution in [2.24, 2.45) is 5.41 Å². The summed E-state index contributed by atoms with van der Waals surface area (Å²) in [5, 5.41) is 9.96. The molecule has 1 fully saturated rings. The number of carbonyl (C=O) groups excluding carboxylic acids is 2. The van der Waals surface area contributed by atoms with Crippen LogP contribution in [-0.4, -0.2) is 52.0 Å². The number of nitrogens with zero attached hydrogens (tertiary/aromatic N) is 3. The molecule has 1 atom stereocenters. The van der Waals surface area contributed by atoms with Gasteiger partial charge in [0.1, 0.15) is 0 Å². The van der Waals surface area contributed by atoms with Crippen molar-refractivity contribution in [2.45, 2.75) is 33.1 Å². The second-order valence-corrected chi connectivity index (χ2v) is 8.63. The summed E-state index contributed by atoms with van der Waals surface area (Å²) in [5.41, 5.74) is 5.25. The molecule has 4 rings (SSSR count). The van der Waals surface area contributed by atoms with Crippen LogP contribution in [0.15, 0.2) is 48.8 Å². The van der Waals surface area contributed by atoms with Gasteiger partial charge in [-0.05, 0) is 49.4 Å². The number of aromatic amines is 1. The van der Waals surface area contributed by atoms with Crippen molar-refractivity contribution in [2.75, 3.05) is 20.1 Å². The number of aromatic nitrogens is 3. The number of aryl methyl sites for hydroxylation is 2. The molecular weight excluding hydrogens is 402 g/mol. The zero-order chi connectivity index (χ0) is 22.7. The fraction of sp³-hybridized carbons (Fsp3) is 0.360. The molecule has 0 saturated carbocycles. The van der Waals surface area contributed by atoms with Crippen LogP contribution in [0.3, 0.4) is 0 Å². The van der Waals surface area contributed by atoms with E-state index < -0.39 is 5.41 Å². The van der Waals surface area contributed by atoms with Crippen molar-refractivity contribution in [3.05, 3.63) is 71.3 Å². The topological polar surface area (TPSA) is 91.0 Å². The van der Waals surface area contributed by atoms with E-state index in [1.807, 2.05) is 55.3 Å². The van der Waals surface area contributed by atoms with Gasteiger partial charge in [0.2, 0.25) is 11.8 Å². The number of likely N-dealkylation sites (tertiary alicyclic amines) is 1. The zero-order valence-electron chi connectivity index (χ0n) is 18.8. The largest absolute Gasteiger partial charge is 0.359 e. The molecule has 1 aliphatic rings. The Kier molecular flexibility index (Phi) is 6.08. The van der Waals surface area contributed by atoms with Crippen molar-refractivity contribution in [3.8, 4) is 11.1 Å². The highest BCUT2D eigenvalue weighted by molar-refractivity contribution is 5.86. The zero-order valence-corrected chi connectivity index (χ0v) is 18.8. The lowest BCUT2D eigenvalue weighted by molar-refractivity contribution is -0.132. The molecule has 1 aliphatic heterocycles. The first-order valence-electron chi connectivity index (χ1n) is 10.9. The van der Waals surface area contributed by atoms with Crippen LogP contribution in [0.4, 0.5) is 0 Å². The van der Waals surface area contributed by atoms with E-state index in [1.54, 1.807) is 13.2 Å². The van der Waals surface area contributed by atoms with Gasteiger partial charge < -0.3 is 10.2 Å². The minimum absolute atomic E-state index is 0.0183. The van der Waals surface area contributed by atoms with Gasteiger partial charge in [0, 0.05) is 43.8 Å². The summed E-state index contributed by atoms with van der Waals surface area (Å²) >= 11 is 0. The Bertz CT molecular complexity index is 1100. The molecule has 0 spiro atoms. The van der Waals surface area contributed by atoms with Crippen molar-refractivity contribution >= 4 is 11.8 Å². The van der Waals surface area contributed by atoms with Gasteiger partial charge >= 0.3 is 0 Å². The summed E-state index contributed by atoms with van der Waals surface area (Å²) in [5.74, 6) is 0.0164. The summed E-state index contributed by atoms with van der Waals surface area (Å²) in [4.78, 5) is 32.1. The Morgan fingerprint density at radius 3 is 2.69 bits per heavy atom. The van der Waals surface area contributed by atoms with E-state index in [2.05, 4.69) is 26.6 Å². The SMILES string of the molecule is CNC(=O)[C@@]1(Cc2cccc(-c3cccnc3)c2)CCN(C(=O)Cc2c(C)n[nH]c2C)C1. The average Bonchev–Trinajstić information content (AvgIpc) is 3.39. The van der Waals surface area contributed by atoms with Gasteiger partial charge in [-0.25, -0.2) is 0 Å². The van der Waals surface area contributed by atoms with Crippen LogP contribution in [-0.2, 0) is 22.4 Å². The fourth-order valence-corrected chi connectivity index (χ4v) is 4.64. The van der Waals surface area contributed by atoms with Gasteiger partial charge in [-0.1, -0.05) is 30.3 Å². The summed E-state index contributed by atoms with van der Waals surface area (Å²) in [6, 6.07) is 12.2. The third kappa shape index (κ3) is 4.28. The number of carbonyl (C=O) groups is 2. The van der Waals surface area contributed by atoms with E-state index >= 15 is 0 Å². The highest BCUT2D eigenvalue weighted by Gasteiger charge is 2.45. The Hall–Kier alpha value is -3.48. The normalized spacial score (nSPS) is 18.0. The van der Waals surface area contributed by atoms with Crippen molar-refractivity contribution in [3.63, 3.8) is 0 Å². The highest BCUT2D eigenvalue weighted by atomic mass is 16.2. The Morgan fingerprint density at radius 2 is 2.00 bits per heavy atom. The molecule has 2 amide bonds. The lowest BCUT2D eigenvalue weighted by atomic mass is 9.79. The molecule has 0 bridgehead atoms. The van der Waals surface area contributed by atoms with Crippen LogP contribution < -0.4 is 5.32 Å². The second-order valence-electron chi connectivity index (χ2n) is 8.63. The Labute approximate surface area is 188 Å². The van der Waals surface area contributed by atoms with Gasteiger partial charge in [0.15, 0.2) is 0 Å². The summed E-state index contributed by atoms with van der Waals surface area (Å²) in [6.45, 7) is 4.82. The quantitative estimate of drug-likeness (QED) is 0.628. The van der Waals surface area contributed by atoms with E-state index in [4.69, 9.17) is 0 Å². The first-order valence-corrected chi connectivity index (χ1v) is 10.9. The average molecular weight is 432 g/mol. The standard InChI is InChI=1S/C25H29N5O2/c1-17-22(18(2)29-28-17)13-23(31)30-11-9-25(16-30,24(32)26-3)14-19-6-4-7-20(12-19)21-8-5-10-27-15-21/h4-8,10,12,15H,9,11,13-14,16H2,1-3H3,(H,26,32)(H,28,29)/t25-/m1/s1. The van der Waals surface area contributed by atoms with Crippen LogP contribution in [0.25, 0.3) is 11.1 Å². The monoisotopic (exact) mass is 431 g/mol. The molecule has 3 heterocycles. The molecule has 7 heteroatoms. The highest BCUT2D eigenvalue weighted by Crippen LogP contribution is 2.36. The maximum Gasteiger partial charge on any atom is 0.228 e.